The zero-order valence-electron chi connectivity index (χ0n) is 12.3. The summed E-state index contributed by atoms with van der Waals surface area (Å²) in [5.41, 5.74) is 0.817. The molecule has 0 atom stereocenters. The minimum absolute atomic E-state index is 0.0300. The van der Waals surface area contributed by atoms with Gasteiger partial charge in [0.2, 0.25) is 17.7 Å². The van der Waals surface area contributed by atoms with E-state index >= 15 is 0 Å². The van der Waals surface area contributed by atoms with E-state index in [9.17, 15) is 4.79 Å². The van der Waals surface area contributed by atoms with Crippen molar-refractivity contribution in [3.8, 4) is 11.5 Å². The average Bonchev–Trinajstić information content (AvgIpc) is 3.16. The van der Waals surface area contributed by atoms with Crippen LogP contribution in [0, 0.1) is 0 Å². The third kappa shape index (κ3) is 4.05. The van der Waals surface area contributed by atoms with Crippen molar-refractivity contribution in [3.63, 3.8) is 0 Å². The summed E-state index contributed by atoms with van der Waals surface area (Å²) in [5, 5.41) is 11.6. The van der Waals surface area contributed by atoms with Crippen LogP contribution < -0.4 is 5.32 Å². The molecule has 1 saturated carbocycles. The lowest BCUT2D eigenvalue weighted by atomic mass is 10.2. The van der Waals surface area contributed by atoms with Crippen LogP contribution in [0.2, 0.25) is 5.02 Å². The zero-order chi connectivity index (χ0) is 15.5. The van der Waals surface area contributed by atoms with Gasteiger partial charge in [0.05, 0.1) is 13.1 Å². The highest BCUT2D eigenvalue weighted by molar-refractivity contribution is 6.30. The normalized spacial score (nSPS) is 14.3. The van der Waals surface area contributed by atoms with Crippen molar-refractivity contribution in [3.05, 3.63) is 35.2 Å². The summed E-state index contributed by atoms with van der Waals surface area (Å²) >= 11 is 5.85. The van der Waals surface area contributed by atoms with Gasteiger partial charge >= 0.3 is 0 Å². The Morgan fingerprint density at radius 3 is 2.77 bits per heavy atom. The first-order valence-electron chi connectivity index (χ1n) is 7.16. The van der Waals surface area contributed by atoms with Crippen molar-refractivity contribution < 1.29 is 9.21 Å². The van der Waals surface area contributed by atoms with Crippen molar-refractivity contribution in [2.75, 3.05) is 13.6 Å². The summed E-state index contributed by atoms with van der Waals surface area (Å²) in [6.07, 6.45) is 2.17. The first-order chi connectivity index (χ1) is 10.6. The maximum absolute atomic E-state index is 11.7. The summed E-state index contributed by atoms with van der Waals surface area (Å²) in [6.45, 7) is 0.744. The Labute approximate surface area is 133 Å². The second kappa shape index (κ2) is 6.46. The number of carbonyl (C=O) groups excluding carboxylic acids is 1. The van der Waals surface area contributed by atoms with Crippen LogP contribution in [0.15, 0.2) is 28.7 Å². The number of hydrogen-bond donors (Lipinski definition) is 1. The molecule has 1 amide bonds. The van der Waals surface area contributed by atoms with E-state index in [4.69, 9.17) is 16.0 Å². The molecule has 0 bridgehead atoms. The van der Waals surface area contributed by atoms with Gasteiger partial charge in [0.15, 0.2) is 0 Å². The Balaban J connectivity index is 1.56. The summed E-state index contributed by atoms with van der Waals surface area (Å²) < 4.78 is 5.62. The van der Waals surface area contributed by atoms with Crippen LogP contribution in [0.25, 0.3) is 11.5 Å². The molecule has 1 aliphatic rings. The van der Waals surface area contributed by atoms with Gasteiger partial charge in [0.25, 0.3) is 0 Å². The lowest BCUT2D eigenvalue weighted by molar-refractivity contribution is -0.122. The van der Waals surface area contributed by atoms with Gasteiger partial charge < -0.3 is 9.73 Å². The number of hydrogen-bond acceptors (Lipinski definition) is 5. The number of halogens is 1. The highest BCUT2D eigenvalue weighted by Gasteiger charge is 2.23. The molecule has 0 spiro atoms. The third-order valence-electron chi connectivity index (χ3n) is 3.32. The van der Waals surface area contributed by atoms with Crippen LogP contribution in [0.1, 0.15) is 18.7 Å². The predicted molar refractivity (Wildman–Crippen MR) is 82.2 cm³/mol. The van der Waals surface area contributed by atoms with Gasteiger partial charge in [-0.2, -0.15) is 0 Å². The van der Waals surface area contributed by atoms with Gasteiger partial charge in [0.1, 0.15) is 0 Å². The fourth-order valence-electron chi connectivity index (χ4n) is 2.06. The molecule has 22 heavy (non-hydrogen) atoms. The Hall–Kier alpha value is -1.92. The van der Waals surface area contributed by atoms with Crippen molar-refractivity contribution in [1.82, 2.24) is 20.4 Å². The number of carbonyl (C=O) groups is 1. The highest BCUT2D eigenvalue weighted by Crippen LogP contribution is 2.20. The molecule has 3 rings (SSSR count). The lowest BCUT2D eigenvalue weighted by Crippen LogP contribution is -2.36. The van der Waals surface area contributed by atoms with Crippen LogP contribution in [-0.2, 0) is 11.3 Å². The molecule has 0 unspecified atom stereocenters. The molecule has 1 N–H and O–H groups in total. The molecule has 116 valence electrons. The maximum atomic E-state index is 11.7. The molecule has 0 saturated heterocycles. The first kappa shape index (κ1) is 15.0. The Bertz CT molecular complexity index is 652. The first-order valence-corrected chi connectivity index (χ1v) is 7.54. The van der Waals surface area contributed by atoms with Gasteiger partial charge in [0, 0.05) is 16.6 Å². The predicted octanol–water partition coefficient (Wildman–Crippen LogP) is 2.10. The minimum Gasteiger partial charge on any atom is -0.419 e. The van der Waals surface area contributed by atoms with E-state index in [1.165, 1.54) is 0 Å². The van der Waals surface area contributed by atoms with E-state index in [-0.39, 0.29) is 5.91 Å². The van der Waals surface area contributed by atoms with E-state index in [2.05, 4.69) is 15.5 Å². The summed E-state index contributed by atoms with van der Waals surface area (Å²) in [6, 6.07) is 7.57. The van der Waals surface area contributed by atoms with Crippen LogP contribution >= 0.6 is 11.6 Å². The number of nitrogens with zero attached hydrogens (tertiary/aromatic N) is 3. The standard InChI is InChI=1S/C15H17ClN4O2/c1-20(8-13(21)17-12-6-7-12)9-14-18-19-15(22-14)10-2-4-11(16)5-3-10/h2-5,12H,6-9H2,1H3,(H,17,21). The number of aromatic nitrogens is 2. The second-order valence-corrected chi connectivity index (χ2v) is 5.96. The van der Waals surface area contributed by atoms with E-state index < -0.39 is 0 Å². The third-order valence-corrected chi connectivity index (χ3v) is 3.57. The smallest absolute Gasteiger partial charge is 0.247 e. The number of likely N-dealkylation sites (N-methyl/N-ethyl adjacent to an activating group) is 1. The van der Waals surface area contributed by atoms with Crippen LogP contribution in [-0.4, -0.2) is 40.6 Å². The Morgan fingerprint density at radius 2 is 2.09 bits per heavy atom. The van der Waals surface area contributed by atoms with Gasteiger partial charge in [-0.05, 0) is 44.2 Å². The monoisotopic (exact) mass is 320 g/mol. The van der Waals surface area contributed by atoms with Gasteiger partial charge in [-0.1, -0.05) is 11.6 Å². The summed E-state index contributed by atoms with van der Waals surface area (Å²) in [5.74, 6) is 0.955. The Kier molecular flexibility index (Phi) is 4.40. The van der Waals surface area contributed by atoms with Crippen LogP contribution in [0.4, 0.5) is 0 Å². The van der Waals surface area contributed by atoms with E-state index in [1.54, 1.807) is 12.1 Å². The molecule has 0 aliphatic heterocycles. The van der Waals surface area contributed by atoms with Gasteiger partial charge in [-0.25, -0.2) is 0 Å². The lowest BCUT2D eigenvalue weighted by Gasteiger charge is -2.13. The van der Waals surface area contributed by atoms with Gasteiger partial charge in [-0.3, -0.25) is 9.69 Å². The largest absolute Gasteiger partial charge is 0.419 e. The van der Waals surface area contributed by atoms with Crippen molar-refractivity contribution >= 4 is 17.5 Å². The molecule has 1 aromatic heterocycles. The van der Waals surface area contributed by atoms with Crippen molar-refractivity contribution in [2.24, 2.45) is 0 Å². The summed E-state index contributed by atoms with van der Waals surface area (Å²) in [4.78, 5) is 13.6. The van der Waals surface area contributed by atoms with Crippen LogP contribution in [0.5, 0.6) is 0 Å². The zero-order valence-corrected chi connectivity index (χ0v) is 13.0. The minimum atomic E-state index is 0.0300. The molecule has 0 radical (unpaired) electrons. The fraction of sp³-hybridized carbons (Fsp3) is 0.400. The van der Waals surface area contributed by atoms with Crippen LogP contribution in [0.3, 0.4) is 0 Å². The molecule has 1 aliphatic carbocycles. The second-order valence-electron chi connectivity index (χ2n) is 5.52. The SMILES string of the molecule is CN(CC(=O)NC1CC1)Cc1nnc(-c2ccc(Cl)cc2)o1. The van der Waals surface area contributed by atoms with Crippen molar-refractivity contribution in [2.45, 2.75) is 25.4 Å². The number of rotatable bonds is 6. The number of nitrogens with one attached hydrogen (secondary N) is 1. The topological polar surface area (TPSA) is 71.3 Å². The van der Waals surface area contributed by atoms with Gasteiger partial charge in [-0.15, -0.1) is 10.2 Å². The average molecular weight is 321 g/mol. The molecule has 1 fully saturated rings. The highest BCUT2D eigenvalue weighted by atomic mass is 35.5. The summed E-state index contributed by atoms with van der Waals surface area (Å²) in [7, 11) is 1.85. The maximum Gasteiger partial charge on any atom is 0.247 e. The molecular formula is C15H17ClN4O2. The molecule has 2 aromatic rings. The fourth-order valence-corrected chi connectivity index (χ4v) is 2.19. The van der Waals surface area contributed by atoms with E-state index in [1.807, 2.05) is 24.1 Å². The molecule has 1 aromatic carbocycles. The molecular weight excluding hydrogens is 304 g/mol. The quantitative estimate of drug-likeness (QED) is 0.882. The molecule has 1 heterocycles. The Morgan fingerprint density at radius 1 is 1.36 bits per heavy atom. The van der Waals surface area contributed by atoms with Crippen molar-refractivity contribution in [1.29, 1.82) is 0 Å². The molecule has 7 heteroatoms. The number of benzene rings is 1. The van der Waals surface area contributed by atoms with E-state index in [0.29, 0.717) is 35.9 Å². The molecule has 6 nitrogen and oxygen atoms in total. The van der Waals surface area contributed by atoms with E-state index in [0.717, 1.165) is 18.4 Å². The number of amides is 1.